The molecule has 0 spiro atoms. The number of aryl methyl sites for hydroxylation is 1. The van der Waals surface area contributed by atoms with E-state index < -0.39 is 12.6 Å². The van der Waals surface area contributed by atoms with Crippen molar-refractivity contribution in [3.05, 3.63) is 35.4 Å². The van der Waals surface area contributed by atoms with E-state index in [1.54, 1.807) is 7.05 Å². The van der Waals surface area contributed by atoms with Gasteiger partial charge in [-0.1, -0.05) is 31.2 Å². The van der Waals surface area contributed by atoms with Crippen molar-refractivity contribution >= 4 is 29.9 Å². The molecule has 0 radical (unpaired) electrons. The van der Waals surface area contributed by atoms with Crippen molar-refractivity contribution in [3.63, 3.8) is 0 Å². The zero-order valence-corrected chi connectivity index (χ0v) is 15.2. The molecule has 0 unspecified atom stereocenters. The molecular formula is C15H23F3IN3. The van der Waals surface area contributed by atoms with Crippen LogP contribution in [0.4, 0.5) is 13.2 Å². The number of hydrogen-bond acceptors (Lipinski definition) is 1. The first-order chi connectivity index (χ1) is 9.94. The molecule has 1 aromatic rings. The minimum absolute atomic E-state index is 0. The number of hydrogen-bond donors (Lipinski definition) is 2. The summed E-state index contributed by atoms with van der Waals surface area (Å²) in [6.45, 7) is 2.55. The quantitative estimate of drug-likeness (QED) is 0.413. The van der Waals surface area contributed by atoms with Gasteiger partial charge in [0.25, 0.3) is 0 Å². The number of nitrogens with zero attached hydrogens (tertiary/aromatic N) is 1. The van der Waals surface area contributed by atoms with E-state index >= 15 is 0 Å². The van der Waals surface area contributed by atoms with E-state index in [-0.39, 0.29) is 30.5 Å². The van der Waals surface area contributed by atoms with Crippen molar-refractivity contribution in [3.8, 4) is 0 Å². The lowest BCUT2D eigenvalue weighted by Crippen LogP contribution is -2.39. The molecule has 0 aliphatic carbocycles. The van der Waals surface area contributed by atoms with Gasteiger partial charge in [0.05, 0.1) is 6.42 Å². The van der Waals surface area contributed by atoms with Gasteiger partial charge < -0.3 is 10.6 Å². The van der Waals surface area contributed by atoms with Crippen LogP contribution in [-0.2, 0) is 12.8 Å². The van der Waals surface area contributed by atoms with Gasteiger partial charge in [-0.15, -0.1) is 24.0 Å². The van der Waals surface area contributed by atoms with Crippen LogP contribution in [0.2, 0.25) is 0 Å². The molecule has 0 fully saturated rings. The van der Waals surface area contributed by atoms with Gasteiger partial charge in [0.15, 0.2) is 5.96 Å². The van der Waals surface area contributed by atoms with Crippen LogP contribution >= 0.6 is 24.0 Å². The summed E-state index contributed by atoms with van der Waals surface area (Å²) in [5.41, 5.74) is 2.47. The lowest BCUT2D eigenvalue weighted by atomic mass is 10.1. The maximum absolute atomic E-state index is 12.0. The monoisotopic (exact) mass is 429 g/mol. The summed E-state index contributed by atoms with van der Waals surface area (Å²) < 4.78 is 36.1. The van der Waals surface area contributed by atoms with Crippen LogP contribution in [-0.4, -0.2) is 32.3 Å². The highest BCUT2D eigenvalue weighted by Gasteiger charge is 2.26. The first kappa shape index (κ1) is 21.0. The predicted octanol–water partition coefficient (Wildman–Crippen LogP) is 3.53. The molecule has 0 bridgehead atoms. The Hall–Kier alpha value is -0.990. The van der Waals surface area contributed by atoms with Crippen LogP contribution < -0.4 is 10.6 Å². The number of halogens is 4. The molecule has 2 N–H and O–H groups in total. The molecule has 0 atom stereocenters. The van der Waals surface area contributed by atoms with Gasteiger partial charge >= 0.3 is 6.18 Å². The first-order valence-corrected chi connectivity index (χ1v) is 7.03. The molecule has 0 aliphatic heterocycles. The average Bonchev–Trinajstić information content (AvgIpc) is 2.45. The first-order valence-electron chi connectivity index (χ1n) is 7.03. The van der Waals surface area contributed by atoms with Crippen LogP contribution in [0, 0.1) is 0 Å². The van der Waals surface area contributed by atoms with Gasteiger partial charge in [0, 0.05) is 20.1 Å². The molecule has 0 aromatic heterocycles. The second-order valence-electron chi connectivity index (χ2n) is 4.71. The Morgan fingerprint density at radius 3 is 2.09 bits per heavy atom. The van der Waals surface area contributed by atoms with Crippen LogP contribution in [0.15, 0.2) is 29.3 Å². The summed E-state index contributed by atoms with van der Waals surface area (Å²) in [6.07, 6.45) is -3.21. The van der Waals surface area contributed by atoms with Crippen LogP contribution in [0.5, 0.6) is 0 Å². The fraction of sp³-hybridized carbons (Fsp3) is 0.533. The number of rotatable bonds is 6. The van der Waals surface area contributed by atoms with Gasteiger partial charge in [-0.3, -0.25) is 4.99 Å². The van der Waals surface area contributed by atoms with E-state index in [2.05, 4.69) is 46.8 Å². The normalized spacial score (nSPS) is 11.8. The second-order valence-corrected chi connectivity index (χ2v) is 4.71. The molecular weight excluding hydrogens is 406 g/mol. The van der Waals surface area contributed by atoms with Crippen LogP contribution in [0.3, 0.4) is 0 Å². The number of benzene rings is 1. The molecule has 1 rings (SSSR count). The van der Waals surface area contributed by atoms with Gasteiger partial charge in [0.2, 0.25) is 0 Å². The van der Waals surface area contributed by atoms with Gasteiger partial charge in [-0.2, -0.15) is 13.2 Å². The Bertz CT molecular complexity index is 444. The Morgan fingerprint density at radius 1 is 1.05 bits per heavy atom. The van der Waals surface area contributed by atoms with Gasteiger partial charge in [-0.05, 0) is 24.0 Å². The van der Waals surface area contributed by atoms with E-state index in [1.165, 1.54) is 11.1 Å². The summed E-state index contributed by atoms with van der Waals surface area (Å²) in [5, 5.41) is 5.65. The lowest BCUT2D eigenvalue weighted by Gasteiger charge is -2.13. The molecule has 7 heteroatoms. The van der Waals surface area contributed by atoms with E-state index in [4.69, 9.17) is 0 Å². The van der Waals surface area contributed by atoms with Crippen molar-refractivity contribution in [2.24, 2.45) is 4.99 Å². The molecule has 1 aromatic carbocycles. The topological polar surface area (TPSA) is 36.4 Å². The second kappa shape index (κ2) is 10.7. The van der Waals surface area contributed by atoms with Crippen molar-refractivity contribution in [1.29, 1.82) is 0 Å². The van der Waals surface area contributed by atoms with Crippen molar-refractivity contribution in [1.82, 2.24) is 10.6 Å². The maximum Gasteiger partial charge on any atom is 0.390 e. The van der Waals surface area contributed by atoms with E-state index in [0.29, 0.717) is 12.5 Å². The molecule has 0 saturated heterocycles. The average molecular weight is 429 g/mol. The van der Waals surface area contributed by atoms with E-state index in [9.17, 15) is 13.2 Å². The summed E-state index contributed by atoms with van der Waals surface area (Å²) in [4.78, 5) is 3.89. The molecule has 0 aliphatic rings. The Kier molecular flexibility index (Phi) is 10.2. The van der Waals surface area contributed by atoms with E-state index in [0.717, 1.165) is 12.8 Å². The maximum atomic E-state index is 12.0. The van der Waals surface area contributed by atoms with Gasteiger partial charge in [0.1, 0.15) is 0 Å². The minimum Gasteiger partial charge on any atom is -0.356 e. The lowest BCUT2D eigenvalue weighted by molar-refractivity contribution is -0.132. The molecule has 3 nitrogen and oxygen atoms in total. The summed E-state index contributed by atoms with van der Waals surface area (Å²) >= 11 is 0. The summed E-state index contributed by atoms with van der Waals surface area (Å²) in [7, 11) is 1.54. The molecule has 126 valence electrons. The van der Waals surface area contributed by atoms with Crippen molar-refractivity contribution in [2.75, 3.05) is 20.1 Å². The molecule has 22 heavy (non-hydrogen) atoms. The molecule has 0 saturated carbocycles. The highest BCUT2D eigenvalue weighted by Crippen LogP contribution is 2.17. The molecule has 0 amide bonds. The third-order valence-electron chi connectivity index (χ3n) is 3.06. The predicted molar refractivity (Wildman–Crippen MR) is 95.0 cm³/mol. The fourth-order valence-electron chi connectivity index (χ4n) is 1.81. The largest absolute Gasteiger partial charge is 0.390 e. The smallest absolute Gasteiger partial charge is 0.356 e. The Morgan fingerprint density at radius 2 is 1.59 bits per heavy atom. The zero-order chi connectivity index (χ0) is 15.7. The minimum atomic E-state index is -4.15. The SMILES string of the molecule is CCc1ccc(CCNC(=NC)NCCC(F)(F)F)cc1.I. The standard InChI is InChI=1S/C15H22F3N3.HI/c1-3-12-4-6-13(7-5-12)8-10-20-14(19-2)21-11-9-15(16,17)18;/h4-7H,3,8-11H2,1-2H3,(H2,19,20,21);1H. The Labute approximate surface area is 146 Å². The highest BCUT2D eigenvalue weighted by atomic mass is 127. The highest BCUT2D eigenvalue weighted by molar-refractivity contribution is 14.0. The van der Waals surface area contributed by atoms with Crippen LogP contribution in [0.25, 0.3) is 0 Å². The number of nitrogens with one attached hydrogen (secondary N) is 2. The van der Waals surface area contributed by atoms with Crippen LogP contribution in [0.1, 0.15) is 24.5 Å². The number of guanidine groups is 1. The Balaban J connectivity index is 0.00000441. The van der Waals surface area contributed by atoms with Crippen molar-refractivity contribution < 1.29 is 13.2 Å². The number of alkyl halides is 3. The van der Waals surface area contributed by atoms with Gasteiger partial charge in [-0.25, -0.2) is 0 Å². The summed E-state index contributed by atoms with van der Waals surface area (Å²) in [5.74, 6) is 0.393. The fourth-order valence-corrected chi connectivity index (χ4v) is 1.81. The van der Waals surface area contributed by atoms with E-state index in [1.807, 2.05) is 0 Å². The van der Waals surface area contributed by atoms with Crippen molar-refractivity contribution in [2.45, 2.75) is 32.4 Å². The molecule has 0 heterocycles. The summed E-state index contributed by atoms with van der Waals surface area (Å²) in [6, 6.07) is 8.32. The zero-order valence-electron chi connectivity index (χ0n) is 12.8. The third kappa shape index (κ3) is 9.11. The third-order valence-corrected chi connectivity index (χ3v) is 3.06. The number of aliphatic imine (C=N–C) groups is 1.